The Morgan fingerprint density at radius 3 is 2.80 bits per heavy atom. The summed E-state index contributed by atoms with van der Waals surface area (Å²) >= 11 is 8.00. The van der Waals surface area contributed by atoms with Crippen LogP contribution in [-0.4, -0.2) is 10.8 Å². The number of rotatable bonds is 2. The minimum absolute atomic E-state index is 0.0251. The summed E-state index contributed by atoms with van der Waals surface area (Å²) in [6.45, 7) is 6.56. The third-order valence-corrected chi connectivity index (χ3v) is 6.91. The van der Waals surface area contributed by atoms with Crippen LogP contribution in [0.4, 0.5) is 0 Å². The first-order valence-electron chi connectivity index (χ1n) is 8.82. The van der Waals surface area contributed by atoms with Crippen LogP contribution < -0.4 is 0 Å². The lowest BCUT2D eigenvalue weighted by atomic mass is 9.59. The molecule has 2 nitrogen and oxygen atoms in total. The number of carbonyl (C=O) groups is 1. The molecule has 1 aromatic heterocycles. The Labute approximate surface area is 157 Å². The molecule has 0 N–H and O–H groups in total. The lowest BCUT2D eigenvalue weighted by molar-refractivity contribution is -0.118. The Hall–Kier alpha value is -1.45. The predicted molar refractivity (Wildman–Crippen MR) is 103 cm³/mol. The van der Waals surface area contributed by atoms with E-state index >= 15 is 0 Å². The summed E-state index contributed by atoms with van der Waals surface area (Å²) in [5.41, 5.74) is 6.10. The third kappa shape index (κ3) is 2.51. The van der Waals surface area contributed by atoms with Gasteiger partial charge in [0.05, 0.1) is 16.6 Å². The molecule has 1 aromatic carbocycles. The van der Waals surface area contributed by atoms with Gasteiger partial charge < -0.3 is 0 Å². The van der Waals surface area contributed by atoms with Gasteiger partial charge in [0.25, 0.3) is 0 Å². The van der Waals surface area contributed by atoms with Gasteiger partial charge in [-0.3, -0.25) is 4.79 Å². The Bertz CT molecular complexity index is 895. The summed E-state index contributed by atoms with van der Waals surface area (Å²) in [7, 11) is 0. The van der Waals surface area contributed by atoms with Gasteiger partial charge in [0.15, 0.2) is 5.78 Å². The van der Waals surface area contributed by atoms with Crippen molar-refractivity contribution >= 4 is 28.7 Å². The van der Waals surface area contributed by atoms with Gasteiger partial charge in [-0.1, -0.05) is 50.1 Å². The van der Waals surface area contributed by atoms with Crippen molar-refractivity contribution in [3.8, 4) is 0 Å². The Kier molecular flexibility index (Phi) is 3.93. The largest absolute Gasteiger partial charge is 0.294 e. The van der Waals surface area contributed by atoms with E-state index < -0.39 is 5.41 Å². The van der Waals surface area contributed by atoms with Crippen LogP contribution in [0.3, 0.4) is 0 Å². The standard InChI is InChI=1S/C21H22ClNOS/c1-4-21(14-6-5-7-15(22)9-14)18-13(8-16-19(21)25-12-23-16)10-20(2,3)11-17(18)24/h5-7,9,12H,4,8,10-11H2,1-3H3/t21-/m1/s1. The van der Waals surface area contributed by atoms with Crippen molar-refractivity contribution in [3.05, 3.63) is 62.1 Å². The minimum atomic E-state index is -0.400. The van der Waals surface area contributed by atoms with E-state index in [1.54, 1.807) is 11.3 Å². The van der Waals surface area contributed by atoms with E-state index in [1.165, 1.54) is 10.5 Å². The number of Topliss-reactive ketones (excluding diaryl/α,β-unsaturated/α-hetero) is 1. The smallest absolute Gasteiger partial charge is 0.160 e. The van der Waals surface area contributed by atoms with Gasteiger partial charge in [-0.05, 0) is 36.0 Å². The molecule has 0 fully saturated rings. The van der Waals surface area contributed by atoms with Crippen LogP contribution in [-0.2, 0) is 16.6 Å². The molecule has 1 atom stereocenters. The van der Waals surface area contributed by atoms with Crippen molar-refractivity contribution in [2.75, 3.05) is 0 Å². The van der Waals surface area contributed by atoms with Gasteiger partial charge in [-0.25, -0.2) is 4.98 Å². The molecular weight excluding hydrogens is 350 g/mol. The van der Waals surface area contributed by atoms with E-state index in [-0.39, 0.29) is 5.41 Å². The number of thiazole rings is 1. The highest BCUT2D eigenvalue weighted by atomic mass is 35.5. The van der Waals surface area contributed by atoms with Crippen molar-refractivity contribution in [1.29, 1.82) is 0 Å². The van der Waals surface area contributed by atoms with E-state index in [2.05, 4.69) is 31.8 Å². The Balaban J connectivity index is 2.04. The molecule has 0 spiro atoms. The van der Waals surface area contributed by atoms with E-state index in [4.69, 9.17) is 11.6 Å². The van der Waals surface area contributed by atoms with Crippen LogP contribution >= 0.6 is 22.9 Å². The van der Waals surface area contributed by atoms with Crippen molar-refractivity contribution < 1.29 is 4.79 Å². The fourth-order valence-electron chi connectivity index (χ4n) is 4.77. The monoisotopic (exact) mass is 371 g/mol. The Morgan fingerprint density at radius 1 is 1.28 bits per heavy atom. The lowest BCUT2D eigenvalue weighted by Gasteiger charge is -2.44. The van der Waals surface area contributed by atoms with Gasteiger partial charge in [0.2, 0.25) is 0 Å². The molecule has 0 unspecified atom stereocenters. The third-order valence-electron chi connectivity index (χ3n) is 5.65. The van der Waals surface area contributed by atoms with E-state index in [0.717, 1.165) is 36.1 Å². The van der Waals surface area contributed by atoms with Crippen LogP contribution in [0, 0.1) is 5.41 Å². The van der Waals surface area contributed by atoms with Gasteiger partial charge in [0, 0.05) is 28.3 Å². The maximum Gasteiger partial charge on any atom is 0.160 e. The minimum Gasteiger partial charge on any atom is -0.294 e. The quantitative estimate of drug-likeness (QED) is 0.674. The molecule has 0 bridgehead atoms. The van der Waals surface area contributed by atoms with Crippen molar-refractivity contribution in [1.82, 2.24) is 4.98 Å². The number of hydrogen-bond acceptors (Lipinski definition) is 3. The number of benzene rings is 1. The summed E-state index contributed by atoms with van der Waals surface area (Å²) in [5.74, 6) is 0.298. The van der Waals surface area contributed by atoms with Crippen molar-refractivity contribution in [2.24, 2.45) is 5.41 Å². The number of fused-ring (bicyclic) bond motifs is 1. The van der Waals surface area contributed by atoms with Crippen molar-refractivity contribution in [2.45, 2.75) is 51.9 Å². The summed E-state index contributed by atoms with van der Waals surface area (Å²) in [5, 5.41) is 0.715. The SMILES string of the molecule is CC[C@@]1(c2cccc(Cl)c2)C2=C(Cc3ncsc31)CC(C)(C)CC2=O. The maximum atomic E-state index is 13.3. The lowest BCUT2D eigenvalue weighted by Crippen LogP contribution is -2.42. The molecule has 2 aromatic rings. The number of hydrogen-bond donors (Lipinski definition) is 0. The van der Waals surface area contributed by atoms with Crippen LogP contribution in [0.1, 0.15) is 56.2 Å². The second-order valence-electron chi connectivity index (χ2n) is 7.99. The fourth-order valence-corrected chi connectivity index (χ4v) is 6.07. The van der Waals surface area contributed by atoms with Crippen LogP contribution in [0.25, 0.3) is 0 Å². The summed E-state index contributed by atoms with van der Waals surface area (Å²) in [6.07, 6.45) is 3.23. The maximum absolute atomic E-state index is 13.3. The van der Waals surface area contributed by atoms with E-state index in [0.29, 0.717) is 17.2 Å². The van der Waals surface area contributed by atoms with Crippen LogP contribution in [0.5, 0.6) is 0 Å². The second-order valence-corrected chi connectivity index (χ2v) is 9.28. The van der Waals surface area contributed by atoms with E-state index in [1.807, 2.05) is 23.7 Å². The zero-order chi connectivity index (χ0) is 17.8. The first kappa shape index (κ1) is 17.0. The molecule has 0 aliphatic heterocycles. The second kappa shape index (κ2) is 5.78. The molecule has 4 rings (SSSR count). The number of ketones is 1. The van der Waals surface area contributed by atoms with Crippen LogP contribution in [0.2, 0.25) is 5.02 Å². The summed E-state index contributed by atoms with van der Waals surface area (Å²) in [6, 6.07) is 8.02. The highest BCUT2D eigenvalue weighted by Crippen LogP contribution is 2.55. The average molecular weight is 372 g/mol. The average Bonchev–Trinajstić information content (AvgIpc) is 3.00. The summed E-state index contributed by atoms with van der Waals surface area (Å²) in [4.78, 5) is 19.2. The molecular formula is C21H22ClNOS. The molecule has 1 heterocycles. The molecule has 2 aliphatic carbocycles. The van der Waals surface area contributed by atoms with E-state index in [9.17, 15) is 4.79 Å². The molecule has 0 radical (unpaired) electrons. The number of carbonyl (C=O) groups excluding carboxylic acids is 1. The first-order valence-corrected chi connectivity index (χ1v) is 10.1. The molecule has 25 heavy (non-hydrogen) atoms. The number of nitrogens with zero attached hydrogens (tertiary/aromatic N) is 1. The number of allylic oxidation sites excluding steroid dienone is 2. The fraction of sp³-hybridized carbons (Fsp3) is 0.429. The van der Waals surface area contributed by atoms with Gasteiger partial charge >= 0.3 is 0 Å². The van der Waals surface area contributed by atoms with Crippen LogP contribution in [0.15, 0.2) is 40.9 Å². The zero-order valence-corrected chi connectivity index (χ0v) is 16.4. The number of aromatic nitrogens is 1. The van der Waals surface area contributed by atoms with Crippen molar-refractivity contribution in [3.63, 3.8) is 0 Å². The van der Waals surface area contributed by atoms with Gasteiger partial charge in [-0.2, -0.15) is 0 Å². The summed E-state index contributed by atoms with van der Waals surface area (Å²) < 4.78 is 0. The molecule has 0 saturated heterocycles. The first-order chi connectivity index (χ1) is 11.9. The highest BCUT2D eigenvalue weighted by molar-refractivity contribution is 7.10. The highest BCUT2D eigenvalue weighted by Gasteiger charge is 2.50. The molecule has 130 valence electrons. The normalized spacial score (nSPS) is 24.9. The Morgan fingerprint density at radius 2 is 2.08 bits per heavy atom. The molecule has 0 amide bonds. The number of halogens is 1. The van der Waals surface area contributed by atoms with Gasteiger partial charge in [0.1, 0.15) is 0 Å². The molecule has 4 heteroatoms. The van der Waals surface area contributed by atoms with Gasteiger partial charge in [-0.15, -0.1) is 11.3 Å². The molecule has 0 saturated carbocycles. The molecule has 2 aliphatic rings. The topological polar surface area (TPSA) is 30.0 Å². The predicted octanol–water partition coefficient (Wildman–Crippen LogP) is 5.73. The zero-order valence-electron chi connectivity index (χ0n) is 14.9.